The maximum absolute atomic E-state index is 12.5. The van der Waals surface area contributed by atoms with Gasteiger partial charge in [0.15, 0.2) is 33.3 Å². The van der Waals surface area contributed by atoms with Crippen molar-refractivity contribution in [2.45, 2.75) is 216 Å². The summed E-state index contributed by atoms with van der Waals surface area (Å²) in [4.78, 5) is 26.6. The molecule has 0 aliphatic rings. The minimum absolute atomic E-state index is 0. The number of hydrogen-bond donors (Lipinski definition) is 2. The lowest BCUT2D eigenvalue weighted by Gasteiger charge is -2.37. The number of unbranched alkanes of at least 4 members (excludes halogenated alkanes) is 6. The van der Waals surface area contributed by atoms with Crippen LogP contribution in [0.5, 0.6) is 0 Å². The molecule has 0 aromatic rings. The Balaban J connectivity index is -0.000000533. The number of hydrogen-bond acceptors (Lipinski definition) is 12. The smallest absolute Gasteiger partial charge is 0.275 e. The Morgan fingerprint density at radius 1 is 0.531 bits per heavy atom. The van der Waals surface area contributed by atoms with E-state index in [2.05, 4.69) is 58.3 Å². The summed E-state index contributed by atoms with van der Waals surface area (Å²) in [5.74, 6) is 0.654. The second-order valence-electron chi connectivity index (χ2n) is 20.3. The molecule has 64 heavy (non-hydrogen) atoms. The molecule has 380 valence electrons. The van der Waals surface area contributed by atoms with Gasteiger partial charge in [-0.25, -0.2) is 0 Å². The normalized spacial score (nSPS) is 12.1. The van der Waals surface area contributed by atoms with Crippen LogP contribution in [-0.4, -0.2) is 146 Å². The van der Waals surface area contributed by atoms with Gasteiger partial charge in [-0.1, -0.05) is 47.0 Å². The van der Waals surface area contributed by atoms with Gasteiger partial charge in [-0.05, 0) is 141 Å². The Kier molecular flexibility index (Phi) is 42.7. The van der Waals surface area contributed by atoms with Gasteiger partial charge < -0.3 is 46.3 Å². The van der Waals surface area contributed by atoms with Gasteiger partial charge >= 0.3 is 0 Å². The van der Waals surface area contributed by atoms with Crippen LogP contribution in [0.3, 0.4) is 0 Å². The van der Waals surface area contributed by atoms with Crippen molar-refractivity contribution in [3.63, 3.8) is 0 Å². The van der Waals surface area contributed by atoms with E-state index in [0.717, 1.165) is 82.8 Å². The number of ketones is 2. The van der Waals surface area contributed by atoms with E-state index < -0.39 is 68.0 Å². The van der Waals surface area contributed by atoms with E-state index in [1.54, 1.807) is 14.1 Å². The molecule has 22 heteroatoms. The molecule has 0 rings (SSSR count). The first-order chi connectivity index (χ1) is 29.1. The lowest BCUT2D eigenvalue weighted by molar-refractivity contribution is -0.840. The molecule has 14 nitrogen and oxygen atoms in total. The van der Waals surface area contributed by atoms with Crippen molar-refractivity contribution in [3.05, 3.63) is 5.21 Å². The average Bonchev–Trinajstić information content (AvgIpc) is 3.16. The van der Waals surface area contributed by atoms with Gasteiger partial charge in [0, 0.05) is 48.4 Å². The maximum atomic E-state index is 12.5. The summed E-state index contributed by atoms with van der Waals surface area (Å²) in [7, 11) is -7.59. The Morgan fingerprint density at radius 2 is 0.812 bits per heavy atom. The molecule has 0 bridgehead atoms. The molecule has 0 unspecified atom stereocenters. The Bertz CT molecular complexity index is 1270. The number of quaternary nitrogens is 1. The minimum atomic E-state index is -2.34. The summed E-state index contributed by atoms with van der Waals surface area (Å²) >= 11 is 0. The molecule has 0 atom stereocenters. The Hall–Kier alpha value is -0.0449. The van der Waals surface area contributed by atoms with Crippen molar-refractivity contribution in [1.82, 2.24) is 4.90 Å². The average molecular weight is 1050 g/mol. The second-order valence-corrected chi connectivity index (χ2v) is 48.9. The van der Waals surface area contributed by atoms with Gasteiger partial charge in [0.1, 0.15) is 11.6 Å². The van der Waals surface area contributed by atoms with Gasteiger partial charge in [-0.15, -0.1) is 0 Å². The van der Waals surface area contributed by atoms with Crippen LogP contribution in [0, 0.1) is 5.21 Å². The summed E-state index contributed by atoms with van der Waals surface area (Å²) in [5, 5.41) is 23.5. The van der Waals surface area contributed by atoms with Crippen LogP contribution in [0.4, 0.5) is 0 Å². The highest BCUT2D eigenvalue weighted by Gasteiger charge is 2.43. The van der Waals surface area contributed by atoms with Crippen LogP contribution in [0.1, 0.15) is 118 Å². The highest BCUT2D eigenvalue weighted by molar-refractivity contribution is 6.94. The topological polar surface area (TPSA) is 219 Å². The summed E-state index contributed by atoms with van der Waals surface area (Å²) in [5.41, 5.74) is 2.65. The fraction of sp³-hybridized carbons (Fsp3) is 0.952. The lowest BCUT2D eigenvalue weighted by Crippen LogP contribution is -2.50. The van der Waals surface area contributed by atoms with Gasteiger partial charge in [0.2, 0.25) is 0 Å². The fourth-order valence-corrected chi connectivity index (χ4v) is 46.0. The van der Waals surface area contributed by atoms with E-state index >= 15 is 0 Å². The predicted molar refractivity (Wildman–Crippen MR) is 279 cm³/mol. The number of carbonyl (C=O) groups is 2. The quantitative estimate of drug-likeness (QED) is 0.0194. The lowest BCUT2D eigenvalue weighted by atomic mass is 10.1. The SMILES string of the molecule is CC[Si](=O)C[Si](CCCCC(=O)CCCCCN(C)C)(C[Si](=O)CC)O[Si](C)(C)C.CC[Si](=O)C[Si](CCCCC(=O)CCCCC[N+](C)(C)[O-])(C[Si](=O)CC)O[Si](C)(C)C.O.OO. The van der Waals surface area contributed by atoms with E-state index in [0.29, 0.717) is 90.6 Å². The number of hydroxylamine groups is 3. The van der Waals surface area contributed by atoms with Crippen LogP contribution in [0.25, 0.3) is 0 Å². The second kappa shape index (κ2) is 38.8. The van der Waals surface area contributed by atoms with Gasteiger partial charge in [0.25, 0.3) is 34.7 Å². The first kappa shape index (κ1) is 70.5. The molecule has 0 saturated carbocycles. The monoisotopic (exact) mass is 1050 g/mol. The third kappa shape index (κ3) is 43.2. The molecule has 0 fully saturated rings. The van der Waals surface area contributed by atoms with Crippen molar-refractivity contribution in [2.75, 3.05) is 41.3 Å². The minimum Gasteiger partial charge on any atom is -0.633 e. The van der Waals surface area contributed by atoms with Crippen LogP contribution in [-0.2, 0) is 35.7 Å². The van der Waals surface area contributed by atoms with E-state index in [1.807, 2.05) is 27.7 Å². The number of nitrogens with zero attached hydrogens (tertiary/aromatic N) is 2. The first-order valence-corrected chi connectivity index (χ1v) is 43.2. The van der Waals surface area contributed by atoms with Gasteiger partial charge in [0.05, 0.1) is 20.6 Å². The van der Waals surface area contributed by atoms with Crippen molar-refractivity contribution < 1.29 is 56.3 Å². The highest BCUT2D eigenvalue weighted by atomic mass is 28.5. The summed E-state index contributed by atoms with van der Waals surface area (Å²) in [6, 6.07) is 4.54. The molecule has 0 aromatic heterocycles. The Labute approximate surface area is 401 Å². The molecule has 0 aliphatic heterocycles. The molecule has 0 saturated heterocycles. The third-order valence-corrected chi connectivity index (χ3v) is 41.3. The standard InChI is InChI=1S/C21H47NO5Si4.C21H47NO4Si4.H2O2.H2O/c1-8-28(25)19-31(20-29(26)9-2,27-30(5,6)7)18-14-12-16-21(23)15-11-10-13-17-22(3,4)24;1-8-27(24)19-30(20-28(25)9-2,26-29(5,6)7)18-14-12-16-21(23)15-11-10-13-17-22(3)4;1-2;/h8-20H2,1-7H3;8-20H2,1-7H3;1-2H;1H2. The molecule has 0 spiro atoms. The summed E-state index contributed by atoms with van der Waals surface area (Å²) in [6.45, 7) is 22.6. The molecule has 0 aliphatic carbocycles. The summed E-state index contributed by atoms with van der Waals surface area (Å²) in [6.07, 6.45) is 11.9. The van der Waals surface area contributed by atoms with E-state index in [-0.39, 0.29) is 10.1 Å². The molecule has 0 aromatic carbocycles. The van der Waals surface area contributed by atoms with Gasteiger partial charge in [-0.3, -0.25) is 20.1 Å². The molecule has 0 heterocycles. The molecular weight excluding hydrogens is 949 g/mol. The Morgan fingerprint density at radius 3 is 1.06 bits per heavy atom. The zero-order chi connectivity index (χ0) is 49.3. The molecule has 0 radical (unpaired) electrons. The zero-order valence-electron chi connectivity index (χ0n) is 43.3. The van der Waals surface area contributed by atoms with Crippen molar-refractivity contribution >= 4 is 79.6 Å². The van der Waals surface area contributed by atoms with Crippen LogP contribution >= 0.6 is 0 Å². The van der Waals surface area contributed by atoms with Crippen LogP contribution in [0.2, 0.25) is 98.2 Å². The van der Waals surface area contributed by atoms with Crippen molar-refractivity contribution in [3.8, 4) is 0 Å². The van der Waals surface area contributed by atoms with E-state index in [1.165, 1.54) is 0 Å². The predicted octanol–water partition coefficient (Wildman–Crippen LogP) is 10.4. The molecule has 4 N–H and O–H groups in total. The zero-order valence-corrected chi connectivity index (χ0v) is 51.3. The maximum Gasteiger partial charge on any atom is 0.275 e. The van der Waals surface area contributed by atoms with Crippen molar-refractivity contribution in [1.29, 1.82) is 0 Å². The largest absolute Gasteiger partial charge is 0.633 e. The molecule has 0 amide bonds. The molecular formula is C42H98N2O12Si8. The number of carbonyl (C=O) groups excluding carboxylic acids is 2. The summed E-state index contributed by atoms with van der Waals surface area (Å²) < 4.78 is 63.4. The fourth-order valence-electron chi connectivity index (χ4n) is 7.67. The van der Waals surface area contributed by atoms with Crippen LogP contribution in [0.15, 0.2) is 0 Å². The van der Waals surface area contributed by atoms with Gasteiger partial charge in [-0.2, -0.15) is 0 Å². The number of Topliss-reactive ketones (excluding diaryl/α,β-unsaturated/α-hetero) is 2. The highest BCUT2D eigenvalue weighted by Crippen LogP contribution is 2.32. The van der Waals surface area contributed by atoms with E-state index in [9.17, 15) is 32.6 Å². The van der Waals surface area contributed by atoms with Crippen LogP contribution < -0.4 is 0 Å². The number of rotatable bonds is 38. The van der Waals surface area contributed by atoms with Crippen molar-refractivity contribution in [2.24, 2.45) is 0 Å². The van der Waals surface area contributed by atoms with E-state index in [4.69, 9.17) is 18.7 Å². The third-order valence-electron chi connectivity index (χ3n) is 10.6. The first-order valence-electron chi connectivity index (χ1n) is 24.0.